The fourth-order valence-corrected chi connectivity index (χ4v) is 3.95. The number of hydrogen-bond donors (Lipinski definition) is 2. The number of aliphatic hydroxyl groups is 1. The van der Waals surface area contributed by atoms with Crippen molar-refractivity contribution in [2.45, 2.75) is 32.8 Å². The Balaban J connectivity index is 1.44. The molecule has 1 saturated heterocycles. The number of hydrogen-bond acceptors (Lipinski definition) is 3. The molecule has 2 N–H and O–H groups in total. The van der Waals surface area contributed by atoms with E-state index in [4.69, 9.17) is 4.74 Å². The van der Waals surface area contributed by atoms with E-state index >= 15 is 0 Å². The van der Waals surface area contributed by atoms with Gasteiger partial charge in [0.15, 0.2) is 0 Å². The normalized spacial score (nSPS) is 16.4. The molecule has 152 valence electrons. The molecule has 0 amide bonds. The molecule has 5 heteroatoms. The number of aryl methyl sites for hydroxylation is 1. The molecule has 0 spiro atoms. The number of nitrogens with one attached hydrogen (secondary N) is 1. The number of aliphatic hydroxyl groups excluding tert-OH is 1. The first-order chi connectivity index (χ1) is 13.4. The fourth-order valence-electron chi connectivity index (χ4n) is 3.95. The van der Waals surface area contributed by atoms with Crippen LogP contribution < -0.4 is 14.5 Å². The van der Waals surface area contributed by atoms with Crippen LogP contribution in [0.5, 0.6) is 5.75 Å². The first-order valence-electron chi connectivity index (χ1n) is 10.2. The molecule has 3 rings (SSSR count). The van der Waals surface area contributed by atoms with Gasteiger partial charge >= 0.3 is 0 Å². The Bertz CT molecular complexity index is 773. The number of nitrogens with zero attached hydrogens (tertiary/aromatic N) is 1. The second-order valence-electron chi connectivity index (χ2n) is 8.03. The smallest absolute Gasteiger partial charge is 0.146 e. The molecular formula is C23H32FN2O2+. The van der Waals surface area contributed by atoms with E-state index in [2.05, 4.69) is 31.7 Å². The summed E-state index contributed by atoms with van der Waals surface area (Å²) < 4.78 is 19.7. The predicted octanol–water partition coefficient (Wildman–Crippen LogP) is 2.40. The van der Waals surface area contributed by atoms with Crippen LogP contribution in [0.15, 0.2) is 42.5 Å². The highest BCUT2D eigenvalue weighted by atomic mass is 19.1. The molecule has 1 aliphatic rings. The predicted molar refractivity (Wildman–Crippen MR) is 111 cm³/mol. The molecule has 4 nitrogen and oxygen atoms in total. The standard InChI is InChI=1S/C23H31FN2O2/c1-17(2)21-9-8-20(14-18(21)3)28-16-19(27)15-25-10-12-26(13-11-25)23-7-5-4-6-22(23)24/h4-9,14,17,19,27H,10-13,15-16H2,1-3H3/p+1/t19-/m1/s1. The zero-order chi connectivity index (χ0) is 20.1. The molecule has 28 heavy (non-hydrogen) atoms. The molecule has 0 aromatic heterocycles. The highest BCUT2D eigenvalue weighted by molar-refractivity contribution is 5.47. The Morgan fingerprint density at radius 1 is 1.14 bits per heavy atom. The zero-order valence-electron chi connectivity index (χ0n) is 17.1. The summed E-state index contributed by atoms with van der Waals surface area (Å²) in [4.78, 5) is 3.41. The molecule has 1 aliphatic heterocycles. The van der Waals surface area contributed by atoms with Gasteiger partial charge in [-0.25, -0.2) is 4.39 Å². The zero-order valence-corrected chi connectivity index (χ0v) is 17.1. The van der Waals surface area contributed by atoms with Gasteiger partial charge in [-0.05, 0) is 48.2 Å². The molecule has 1 atom stereocenters. The van der Waals surface area contributed by atoms with Gasteiger partial charge in [-0.2, -0.15) is 0 Å². The highest BCUT2D eigenvalue weighted by Crippen LogP contribution is 2.23. The maximum atomic E-state index is 13.9. The average Bonchev–Trinajstić information content (AvgIpc) is 2.67. The van der Waals surface area contributed by atoms with Gasteiger partial charge in [0.2, 0.25) is 0 Å². The summed E-state index contributed by atoms with van der Waals surface area (Å²) >= 11 is 0. The van der Waals surface area contributed by atoms with Gasteiger partial charge in [-0.1, -0.05) is 32.0 Å². The molecule has 1 heterocycles. The van der Waals surface area contributed by atoms with Crippen molar-refractivity contribution < 1.29 is 19.1 Å². The maximum Gasteiger partial charge on any atom is 0.146 e. The summed E-state index contributed by atoms with van der Waals surface area (Å²) in [5.74, 6) is 1.13. The van der Waals surface area contributed by atoms with E-state index in [1.165, 1.54) is 22.1 Å². The highest BCUT2D eigenvalue weighted by Gasteiger charge is 2.24. The number of quaternary nitrogens is 1. The van der Waals surface area contributed by atoms with Crippen LogP contribution in [-0.2, 0) is 0 Å². The Kier molecular flexibility index (Phi) is 6.92. The lowest BCUT2D eigenvalue weighted by atomic mass is 9.98. The van der Waals surface area contributed by atoms with Crippen molar-refractivity contribution in [2.75, 3.05) is 44.2 Å². The number of piperazine rings is 1. The molecule has 0 saturated carbocycles. The van der Waals surface area contributed by atoms with Crippen LogP contribution in [0.3, 0.4) is 0 Å². The van der Waals surface area contributed by atoms with Gasteiger partial charge in [-0.3, -0.25) is 0 Å². The average molecular weight is 388 g/mol. The lowest BCUT2D eigenvalue weighted by Crippen LogP contribution is -3.16. The molecule has 0 radical (unpaired) electrons. The van der Waals surface area contributed by atoms with Gasteiger partial charge in [0, 0.05) is 0 Å². The Morgan fingerprint density at radius 2 is 1.86 bits per heavy atom. The molecule has 1 fully saturated rings. The van der Waals surface area contributed by atoms with E-state index in [9.17, 15) is 9.50 Å². The minimum Gasteiger partial charge on any atom is -0.491 e. The molecule has 0 aliphatic carbocycles. The van der Waals surface area contributed by atoms with Crippen molar-refractivity contribution in [1.82, 2.24) is 0 Å². The van der Waals surface area contributed by atoms with Gasteiger partial charge in [0.05, 0.1) is 31.9 Å². The van der Waals surface area contributed by atoms with Gasteiger partial charge in [0.25, 0.3) is 0 Å². The molecule has 2 aromatic rings. The second kappa shape index (κ2) is 9.39. The van der Waals surface area contributed by atoms with Crippen LogP contribution in [0.25, 0.3) is 0 Å². The lowest BCUT2D eigenvalue weighted by Gasteiger charge is -2.34. The van der Waals surface area contributed by atoms with Crippen LogP contribution in [0.2, 0.25) is 0 Å². The van der Waals surface area contributed by atoms with Crippen molar-refractivity contribution in [3.63, 3.8) is 0 Å². The van der Waals surface area contributed by atoms with Crippen molar-refractivity contribution in [3.8, 4) is 5.75 Å². The number of para-hydroxylation sites is 1. The van der Waals surface area contributed by atoms with E-state index in [0.29, 0.717) is 24.8 Å². The first kappa shape index (κ1) is 20.6. The number of halogens is 1. The molecule has 0 bridgehead atoms. The quantitative estimate of drug-likeness (QED) is 0.766. The number of benzene rings is 2. The van der Waals surface area contributed by atoms with E-state index < -0.39 is 6.10 Å². The van der Waals surface area contributed by atoms with Crippen LogP contribution >= 0.6 is 0 Å². The summed E-state index contributed by atoms with van der Waals surface area (Å²) in [7, 11) is 0. The third-order valence-corrected chi connectivity index (χ3v) is 5.49. The molecular weight excluding hydrogens is 355 g/mol. The molecule has 0 unspecified atom stereocenters. The van der Waals surface area contributed by atoms with E-state index in [1.54, 1.807) is 6.07 Å². The van der Waals surface area contributed by atoms with E-state index in [1.807, 2.05) is 24.3 Å². The summed E-state index contributed by atoms with van der Waals surface area (Å²) in [6.45, 7) is 10.7. The van der Waals surface area contributed by atoms with Crippen molar-refractivity contribution in [2.24, 2.45) is 0 Å². The van der Waals surface area contributed by atoms with Gasteiger partial charge in [0.1, 0.15) is 30.8 Å². The van der Waals surface area contributed by atoms with Crippen LogP contribution in [0.1, 0.15) is 30.9 Å². The minimum atomic E-state index is -0.514. The van der Waals surface area contributed by atoms with Gasteiger partial charge in [-0.15, -0.1) is 0 Å². The largest absolute Gasteiger partial charge is 0.491 e. The van der Waals surface area contributed by atoms with Crippen molar-refractivity contribution in [3.05, 3.63) is 59.4 Å². The first-order valence-corrected chi connectivity index (χ1v) is 10.2. The minimum absolute atomic E-state index is 0.168. The van der Waals surface area contributed by atoms with Crippen LogP contribution in [-0.4, -0.2) is 50.5 Å². The fraction of sp³-hybridized carbons (Fsp3) is 0.478. The number of ether oxygens (including phenoxy) is 1. The van der Waals surface area contributed by atoms with E-state index in [-0.39, 0.29) is 5.82 Å². The third-order valence-electron chi connectivity index (χ3n) is 5.49. The Hall–Kier alpha value is -2.11. The number of anilines is 1. The topological polar surface area (TPSA) is 37.1 Å². The lowest BCUT2D eigenvalue weighted by molar-refractivity contribution is -0.903. The molecule has 2 aromatic carbocycles. The summed E-state index contributed by atoms with van der Waals surface area (Å²) in [5.41, 5.74) is 3.22. The van der Waals surface area contributed by atoms with Crippen molar-refractivity contribution in [1.29, 1.82) is 0 Å². The summed E-state index contributed by atoms with van der Waals surface area (Å²) in [6.07, 6.45) is -0.514. The second-order valence-corrected chi connectivity index (χ2v) is 8.03. The Labute approximate surface area is 167 Å². The SMILES string of the molecule is Cc1cc(OC[C@H](O)C[NH+]2CCN(c3ccccc3F)CC2)ccc1C(C)C. The van der Waals surface area contributed by atoms with Crippen LogP contribution in [0.4, 0.5) is 10.1 Å². The maximum absolute atomic E-state index is 13.9. The third kappa shape index (κ3) is 5.24. The van der Waals surface area contributed by atoms with Crippen LogP contribution in [0, 0.1) is 12.7 Å². The summed E-state index contributed by atoms with van der Waals surface area (Å²) in [6, 6.07) is 13.1. The van der Waals surface area contributed by atoms with Gasteiger partial charge < -0.3 is 19.6 Å². The Morgan fingerprint density at radius 3 is 2.50 bits per heavy atom. The van der Waals surface area contributed by atoms with E-state index in [0.717, 1.165) is 31.9 Å². The summed E-state index contributed by atoms with van der Waals surface area (Å²) in [5, 5.41) is 10.4. The number of rotatable bonds is 7. The monoisotopic (exact) mass is 387 g/mol. The van der Waals surface area contributed by atoms with Crippen molar-refractivity contribution >= 4 is 5.69 Å².